The van der Waals surface area contributed by atoms with E-state index in [1.54, 1.807) is 6.08 Å². The second-order valence-corrected chi connectivity index (χ2v) is 12.6. The molecular formula is C17H26N2O6Si. The van der Waals surface area contributed by atoms with Crippen molar-refractivity contribution in [3.63, 3.8) is 0 Å². The predicted molar refractivity (Wildman–Crippen MR) is 98.2 cm³/mol. The highest BCUT2D eigenvalue weighted by Crippen LogP contribution is 2.37. The van der Waals surface area contributed by atoms with E-state index in [0.29, 0.717) is 5.76 Å². The predicted octanol–water partition coefficient (Wildman–Crippen LogP) is 1.90. The highest BCUT2D eigenvalue weighted by atomic mass is 28.4. The zero-order valence-electron chi connectivity index (χ0n) is 16.0. The number of hydrogen-bond donors (Lipinski definition) is 1. The lowest BCUT2D eigenvalue weighted by Gasteiger charge is -2.37. The Morgan fingerprint density at radius 1 is 1.35 bits per heavy atom. The first-order chi connectivity index (χ1) is 11.9. The van der Waals surface area contributed by atoms with Crippen LogP contribution in [0.5, 0.6) is 0 Å². The van der Waals surface area contributed by atoms with Crippen LogP contribution >= 0.6 is 0 Å². The molecule has 0 radical (unpaired) electrons. The van der Waals surface area contributed by atoms with Crippen molar-refractivity contribution in [2.75, 3.05) is 6.61 Å². The summed E-state index contributed by atoms with van der Waals surface area (Å²) in [6.45, 7) is 12.1. The summed E-state index contributed by atoms with van der Waals surface area (Å²) >= 11 is 0. The van der Waals surface area contributed by atoms with Gasteiger partial charge in [0.2, 0.25) is 0 Å². The van der Waals surface area contributed by atoms with Gasteiger partial charge >= 0.3 is 11.7 Å². The normalized spacial score (nSPS) is 20.8. The number of rotatable bonds is 5. The lowest BCUT2D eigenvalue weighted by molar-refractivity contribution is -0.139. The number of nitrogens with zero attached hydrogens (tertiary/aromatic N) is 1. The Balaban J connectivity index is 2.22. The molecule has 0 bridgehead atoms. The minimum absolute atomic E-state index is 0.0200. The first kappa shape index (κ1) is 20.3. The molecule has 0 aromatic carbocycles. The van der Waals surface area contributed by atoms with Crippen LogP contribution in [0.1, 0.15) is 33.9 Å². The van der Waals surface area contributed by atoms with Gasteiger partial charge in [0.1, 0.15) is 11.9 Å². The lowest BCUT2D eigenvalue weighted by atomic mass is 10.2. The van der Waals surface area contributed by atoms with E-state index in [4.69, 9.17) is 13.9 Å². The SMILES string of the molecule is CC(=O)OC1=CC(n2ccc(=O)[nH]c2=O)O[C@@H]1CO[Si](C)(C)C(C)(C)C. The number of hydrogen-bond acceptors (Lipinski definition) is 6. The molecule has 1 aromatic rings. The third-order valence-electron chi connectivity index (χ3n) is 4.72. The van der Waals surface area contributed by atoms with E-state index in [-0.39, 0.29) is 11.6 Å². The Kier molecular flexibility index (Phi) is 5.74. The quantitative estimate of drug-likeness (QED) is 0.617. The number of aromatic amines is 1. The molecule has 144 valence electrons. The Bertz CT molecular complexity index is 818. The highest BCUT2D eigenvalue weighted by molar-refractivity contribution is 6.74. The van der Waals surface area contributed by atoms with Crippen LogP contribution in [0.4, 0.5) is 0 Å². The third-order valence-corrected chi connectivity index (χ3v) is 9.22. The average Bonchev–Trinajstić information content (AvgIpc) is 2.86. The topological polar surface area (TPSA) is 99.6 Å². The summed E-state index contributed by atoms with van der Waals surface area (Å²) in [5.74, 6) is -0.175. The summed E-state index contributed by atoms with van der Waals surface area (Å²) in [4.78, 5) is 36.8. The van der Waals surface area contributed by atoms with Crippen molar-refractivity contribution in [3.8, 4) is 0 Å². The number of nitrogens with one attached hydrogen (secondary N) is 1. The molecule has 1 aromatic heterocycles. The van der Waals surface area contributed by atoms with Gasteiger partial charge in [-0.1, -0.05) is 20.8 Å². The van der Waals surface area contributed by atoms with Gasteiger partial charge in [0.25, 0.3) is 5.56 Å². The maximum Gasteiger partial charge on any atom is 0.330 e. The van der Waals surface area contributed by atoms with Gasteiger partial charge in [0.15, 0.2) is 14.5 Å². The highest BCUT2D eigenvalue weighted by Gasteiger charge is 2.39. The van der Waals surface area contributed by atoms with E-state index in [0.717, 1.165) is 0 Å². The van der Waals surface area contributed by atoms with Crippen LogP contribution < -0.4 is 11.2 Å². The van der Waals surface area contributed by atoms with Gasteiger partial charge < -0.3 is 13.9 Å². The van der Waals surface area contributed by atoms with Crippen molar-refractivity contribution in [1.82, 2.24) is 9.55 Å². The van der Waals surface area contributed by atoms with E-state index in [2.05, 4.69) is 38.8 Å². The van der Waals surface area contributed by atoms with Crippen molar-refractivity contribution >= 4 is 14.3 Å². The van der Waals surface area contributed by atoms with Crippen LogP contribution in [0.25, 0.3) is 0 Å². The molecule has 2 rings (SSSR count). The van der Waals surface area contributed by atoms with Gasteiger partial charge in [0.05, 0.1) is 6.61 Å². The van der Waals surface area contributed by atoms with Crippen LogP contribution in [-0.2, 0) is 18.7 Å². The van der Waals surface area contributed by atoms with Gasteiger partial charge in [-0.3, -0.25) is 19.1 Å². The average molecular weight is 382 g/mol. The van der Waals surface area contributed by atoms with Gasteiger partial charge in [-0.05, 0) is 18.1 Å². The molecule has 0 saturated heterocycles. The first-order valence-electron chi connectivity index (χ1n) is 8.42. The van der Waals surface area contributed by atoms with Crippen molar-refractivity contribution < 1.29 is 18.7 Å². The van der Waals surface area contributed by atoms with E-state index < -0.39 is 37.9 Å². The molecule has 9 heteroatoms. The second-order valence-electron chi connectivity index (χ2n) is 7.77. The van der Waals surface area contributed by atoms with Gasteiger partial charge in [0, 0.05) is 25.3 Å². The standard InChI is InChI=1S/C17H26N2O6Si/c1-11(20)24-12-9-15(19-8-7-14(21)18-16(19)22)25-13(12)10-23-26(5,6)17(2,3)4/h7-9,13,15H,10H2,1-6H3,(H,18,21,22)/t13-,15?/m1/s1. The van der Waals surface area contributed by atoms with Gasteiger partial charge in [-0.25, -0.2) is 4.79 Å². The number of aromatic nitrogens is 2. The molecule has 1 aliphatic heterocycles. The maximum absolute atomic E-state index is 12.0. The molecule has 2 heterocycles. The lowest BCUT2D eigenvalue weighted by Crippen LogP contribution is -2.43. The second kappa shape index (κ2) is 7.34. The zero-order valence-corrected chi connectivity index (χ0v) is 17.0. The fraction of sp³-hybridized carbons (Fsp3) is 0.588. The molecule has 2 atom stereocenters. The van der Waals surface area contributed by atoms with Crippen molar-refractivity contribution in [1.29, 1.82) is 0 Å². The molecule has 1 aliphatic rings. The number of H-pyrrole nitrogens is 1. The molecule has 8 nitrogen and oxygen atoms in total. The summed E-state index contributed by atoms with van der Waals surface area (Å²) in [7, 11) is -2.03. The van der Waals surface area contributed by atoms with E-state index in [9.17, 15) is 14.4 Å². The van der Waals surface area contributed by atoms with E-state index in [1.165, 1.54) is 23.8 Å². The minimum atomic E-state index is -2.03. The van der Waals surface area contributed by atoms with Crippen molar-refractivity contribution in [2.24, 2.45) is 0 Å². The van der Waals surface area contributed by atoms with Crippen LogP contribution in [0.2, 0.25) is 18.1 Å². The molecule has 0 aliphatic carbocycles. The summed E-state index contributed by atoms with van der Waals surface area (Å²) in [6.07, 6.45) is 1.48. The van der Waals surface area contributed by atoms with E-state index >= 15 is 0 Å². The van der Waals surface area contributed by atoms with Gasteiger partial charge in [-0.2, -0.15) is 0 Å². The number of esters is 1. The Hall–Kier alpha value is -1.97. The molecule has 0 saturated carbocycles. The largest absolute Gasteiger partial charge is 0.429 e. The molecular weight excluding hydrogens is 356 g/mol. The summed E-state index contributed by atoms with van der Waals surface area (Å²) in [5, 5.41) is 0.0200. The van der Waals surface area contributed by atoms with Crippen LogP contribution in [-0.4, -0.2) is 36.5 Å². The Labute approximate surface area is 152 Å². The Morgan fingerprint density at radius 2 is 2.00 bits per heavy atom. The number of carbonyl (C=O) groups excluding carboxylic acids is 1. The first-order valence-corrected chi connectivity index (χ1v) is 11.3. The summed E-state index contributed by atoms with van der Waals surface area (Å²) < 4.78 is 18.5. The summed E-state index contributed by atoms with van der Waals surface area (Å²) in [5.41, 5.74) is -1.10. The number of ether oxygens (including phenoxy) is 2. The van der Waals surface area contributed by atoms with Gasteiger partial charge in [-0.15, -0.1) is 0 Å². The molecule has 1 unspecified atom stereocenters. The van der Waals surface area contributed by atoms with Crippen molar-refractivity contribution in [2.45, 2.75) is 58.2 Å². The molecule has 1 N–H and O–H groups in total. The van der Waals surface area contributed by atoms with E-state index in [1.807, 2.05) is 0 Å². The molecule has 0 amide bonds. The minimum Gasteiger partial charge on any atom is -0.429 e. The molecule has 0 spiro atoms. The fourth-order valence-corrected chi connectivity index (χ4v) is 3.18. The molecule has 0 fully saturated rings. The zero-order chi connectivity index (χ0) is 19.7. The third kappa shape index (κ3) is 4.60. The van der Waals surface area contributed by atoms with Crippen LogP contribution in [0.15, 0.2) is 33.7 Å². The monoisotopic (exact) mass is 382 g/mol. The smallest absolute Gasteiger partial charge is 0.330 e. The van der Waals surface area contributed by atoms with Crippen LogP contribution in [0, 0.1) is 0 Å². The molecule has 26 heavy (non-hydrogen) atoms. The maximum atomic E-state index is 12.0. The number of carbonyl (C=O) groups is 1. The van der Waals surface area contributed by atoms with Crippen LogP contribution in [0.3, 0.4) is 0 Å². The fourth-order valence-electron chi connectivity index (χ4n) is 2.18. The van der Waals surface area contributed by atoms with Crippen molar-refractivity contribution in [3.05, 3.63) is 44.9 Å². The Morgan fingerprint density at radius 3 is 2.54 bits per heavy atom. The summed E-state index contributed by atoms with van der Waals surface area (Å²) in [6, 6.07) is 1.23.